The van der Waals surface area contributed by atoms with Crippen molar-refractivity contribution < 1.29 is 9.53 Å². The van der Waals surface area contributed by atoms with E-state index in [2.05, 4.69) is 33.5 Å². The highest BCUT2D eigenvalue weighted by atomic mass is 16.5. The van der Waals surface area contributed by atoms with E-state index in [9.17, 15) is 4.79 Å². The number of ether oxygens (including phenoxy) is 1. The van der Waals surface area contributed by atoms with Crippen molar-refractivity contribution in [2.45, 2.75) is 43.9 Å². The summed E-state index contributed by atoms with van der Waals surface area (Å²) in [4.78, 5) is 13.7. The van der Waals surface area contributed by atoms with Crippen LogP contribution in [0.25, 0.3) is 5.65 Å². The molecule has 1 fully saturated rings. The number of carbonyl (C=O) groups is 1. The maximum Gasteiger partial charge on any atom is 0.312 e. The van der Waals surface area contributed by atoms with E-state index in [0.29, 0.717) is 0 Å². The third-order valence-electron chi connectivity index (χ3n) is 6.25. The number of fused-ring (bicyclic) bond motifs is 2. The van der Waals surface area contributed by atoms with Crippen LogP contribution in [0.2, 0.25) is 0 Å². The number of nitrogens with zero attached hydrogens (tertiary/aromatic N) is 4. The van der Waals surface area contributed by atoms with E-state index >= 15 is 0 Å². The molecule has 1 unspecified atom stereocenters. The van der Waals surface area contributed by atoms with Gasteiger partial charge < -0.3 is 15.8 Å². The zero-order chi connectivity index (χ0) is 20.7. The van der Waals surface area contributed by atoms with Gasteiger partial charge in [-0.3, -0.25) is 9.30 Å². The van der Waals surface area contributed by atoms with Crippen molar-refractivity contribution in [2.24, 2.45) is 5.73 Å². The van der Waals surface area contributed by atoms with Gasteiger partial charge in [0.2, 0.25) is 0 Å². The van der Waals surface area contributed by atoms with Crippen LogP contribution in [-0.4, -0.2) is 39.1 Å². The van der Waals surface area contributed by atoms with Gasteiger partial charge in [0, 0.05) is 0 Å². The third-order valence-corrected chi connectivity index (χ3v) is 6.25. The second-order valence-electron chi connectivity index (χ2n) is 8.16. The van der Waals surface area contributed by atoms with Gasteiger partial charge in [-0.15, -0.1) is 10.2 Å². The van der Waals surface area contributed by atoms with Crippen molar-refractivity contribution in [3.63, 3.8) is 0 Å². The van der Waals surface area contributed by atoms with E-state index in [0.717, 1.165) is 54.2 Å². The second-order valence-corrected chi connectivity index (χ2v) is 8.16. The minimum absolute atomic E-state index is 0.0802. The fourth-order valence-corrected chi connectivity index (χ4v) is 4.78. The van der Waals surface area contributed by atoms with Crippen LogP contribution in [-0.2, 0) is 0 Å². The maximum atomic E-state index is 11.4. The molecule has 3 N–H and O–H groups in total. The van der Waals surface area contributed by atoms with Crippen LogP contribution in [0.1, 0.15) is 60.8 Å². The molecule has 3 atom stereocenters. The monoisotopic (exact) mass is 406 g/mol. The molecule has 1 aliphatic heterocycles. The van der Waals surface area contributed by atoms with Crippen LogP contribution in [0, 0.1) is 0 Å². The number of nitrogens with one attached hydrogen (secondary N) is 1. The molecule has 1 aromatic carbocycles. The fourth-order valence-electron chi connectivity index (χ4n) is 4.78. The first-order valence-corrected chi connectivity index (χ1v) is 10.5. The number of pyridine rings is 1. The molecule has 2 amide bonds. The van der Waals surface area contributed by atoms with Crippen molar-refractivity contribution in [1.29, 1.82) is 0 Å². The number of hydrogen-bond acceptors (Lipinski definition) is 5. The van der Waals surface area contributed by atoms with E-state index < -0.39 is 6.03 Å². The Morgan fingerprint density at radius 2 is 1.97 bits per heavy atom. The number of aromatic nitrogens is 3. The number of nitrogens with two attached hydrogens (primary N) is 1. The van der Waals surface area contributed by atoms with Crippen LogP contribution < -0.4 is 15.8 Å². The fraction of sp³-hybridized carbons (Fsp3) is 0.409. The number of primary amides is 1. The molecule has 1 aliphatic carbocycles. The molecule has 0 radical (unpaired) electrons. The SMILES string of the molecule is CN1CCCC1c1nnc2ccc(O[C@@H]3CC[C@H](NC(N)=O)c4ccccc43)cn12. The highest BCUT2D eigenvalue weighted by Gasteiger charge is 2.30. The van der Waals surface area contributed by atoms with E-state index in [4.69, 9.17) is 10.5 Å². The first-order chi connectivity index (χ1) is 14.6. The summed E-state index contributed by atoms with van der Waals surface area (Å²) < 4.78 is 8.47. The molecule has 1 saturated heterocycles. The Labute approximate surface area is 175 Å². The van der Waals surface area contributed by atoms with Crippen molar-refractivity contribution in [1.82, 2.24) is 24.8 Å². The predicted molar refractivity (Wildman–Crippen MR) is 112 cm³/mol. The predicted octanol–water partition coefficient (Wildman–Crippen LogP) is 3.12. The number of likely N-dealkylation sites (tertiary alicyclic amines) is 1. The van der Waals surface area contributed by atoms with Crippen LogP contribution in [0.5, 0.6) is 5.75 Å². The van der Waals surface area contributed by atoms with Gasteiger partial charge in [-0.1, -0.05) is 24.3 Å². The Morgan fingerprint density at radius 1 is 1.13 bits per heavy atom. The average Bonchev–Trinajstić information content (AvgIpc) is 3.35. The van der Waals surface area contributed by atoms with Crippen LogP contribution in [0.15, 0.2) is 42.6 Å². The van der Waals surface area contributed by atoms with Crippen molar-refractivity contribution in [3.05, 3.63) is 59.5 Å². The molecular formula is C22H26N6O2. The summed E-state index contributed by atoms with van der Waals surface area (Å²) in [7, 11) is 2.13. The van der Waals surface area contributed by atoms with Gasteiger partial charge in [0.15, 0.2) is 11.5 Å². The highest BCUT2D eigenvalue weighted by molar-refractivity contribution is 5.72. The molecule has 2 aromatic heterocycles. The minimum Gasteiger partial charge on any atom is -0.484 e. The third kappa shape index (κ3) is 3.37. The molecule has 0 spiro atoms. The zero-order valence-electron chi connectivity index (χ0n) is 17.0. The number of carbonyl (C=O) groups excluding carboxylic acids is 1. The lowest BCUT2D eigenvalue weighted by molar-refractivity contribution is 0.171. The summed E-state index contributed by atoms with van der Waals surface area (Å²) in [5.41, 5.74) is 8.33. The van der Waals surface area contributed by atoms with Gasteiger partial charge in [0.05, 0.1) is 18.3 Å². The van der Waals surface area contributed by atoms with Crippen LogP contribution in [0.3, 0.4) is 0 Å². The molecule has 30 heavy (non-hydrogen) atoms. The second kappa shape index (κ2) is 7.60. The van der Waals surface area contributed by atoms with Crippen molar-refractivity contribution in [2.75, 3.05) is 13.6 Å². The molecule has 2 aliphatic rings. The molecular weight excluding hydrogens is 380 g/mol. The van der Waals surface area contributed by atoms with Gasteiger partial charge in [-0.2, -0.15) is 0 Å². The highest BCUT2D eigenvalue weighted by Crippen LogP contribution is 2.39. The standard InChI is InChI=1S/C22H26N6O2/c1-27-12-4-7-18(27)21-26-25-20-11-8-14(13-28(20)21)30-19-10-9-17(24-22(23)29)15-5-2-3-6-16(15)19/h2-3,5-6,8,11,13,17-19H,4,7,9-10,12H2,1H3,(H3,23,24,29)/t17-,18?,19+/m0/s1. The number of amides is 2. The van der Waals surface area contributed by atoms with Gasteiger partial charge >= 0.3 is 6.03 Å². The normalized spacial score (nSPS) is 24.0. The smallest absolute Gasteiger partial charge is 0.312 e. The van der Waals surface area contributed by atoms with Crippen molar-refractivity contribution in [3.8, 4) is 5.75 Å². The molecule has 0 bridgehead atoms. The van der Waals surface area contributed by atoms with Crippen LogP contribution >= 0.6 is 0 Å². The summed E-state index contributed by atoms with van der Waals surface area (Å²) >= 11 is 0. The number of urea groups is 1. The van der Waals surface area contributed by atoms with Gasteiger partial charge in [0.25, 0.3) is 0 Å². The molecule has 8 heteroatoms. The molecule has 8 nitrogen and oxygen atoms in total. The molecule has 3 heterocycles. The van der Waals surface area contributed by atoms with E-state index in [1.165, 1.54) is 6.42 Å². The zero-order valence-corrected chi connectivity index (χ0v) is 17.0. The lowest BCUT2D eigenvalue weighted by atomic mass is 9.85. The average molecular weight is 406 g/mol. The van der Waals surface area contributed by atoms with Gasteiger partial charge in [0.1, 0.15) is 11.9 Å². The quantitative estimate of drug-likeness (QED) is 0.694. The lowest BCUT2D eigenvalue weighted by Gasteiger charge is -2.32. The summed E-state index contributed by atoms with van der Waals surface area (Å²) in [6, 6.07) is 11.7. The van der Waals surface area contributed by atoms with Gasteiger partial charge in [-0.05, 0) is 62.5 Å². The van der Waals surface area contributed by atoms with Gasteiger partial charge in [-0.25, -0.2) is 4.79 Å². The Hall–Kier alpha value is -3.13. The summed E-state index contributed by atoms with van der Waals surface area (Å²) in [6.45, 7) is 1.08. The van der Waals surface area contributed by atoms with E-state index in [-0.39, 0.29) is 18.2 Å². The molecule has 156 valence electrons. The summed E-state index contributed by atoms with van der Waals surface area (Å²) in [6.07, 6.45) is 5.74. The largest absolute Gasteiger partial charge is 0.484 e. The first-order valence-electron chi connectivity index (χ1n) is 10.5. The number of hydrogen-bond donors (Lipinski definition) is 2. The van der Waals surface area contributed by atoms with E-state index in [1.54, 1.807) is 0 Å². The molecule has 0 saturated carbocycles. The van der Waals surface area contributed by atoms with Crippen molar-refractivity contribution >= 4 is 11.7 Å². The number of rotatable bonds is 4. The summed E-state index contributed by atoms with van der Waals surface area (Å²) in [5, 5.41) is 11.6. The minimum atomic E-state index is -0.503. The number of benzene rings is 1. The van der Waals surface area contributed by atoms with Crippen LogP contribution in [0.4, 0.5) is 4.79 Å². The first kappa shape index (κ1) is 18.9. The molecule has 5 rings (SSSR count). The maximum absolute atomic E-state index is 11.4. The Bertz CT molecular complexity index is 1080. The molecule has 3 aromatic rings. The Balaban J connectivity index is 1.43. The lowest BCUT2D eigenvalue weighted by Crippen LogP contribution is -2.36. The Morgan fingerprint density at radius 3 is 2.73 bits per heavy atom. The summed E-state index contributed by atoms with van der Waals surface area (Å²) in [5.74, 6) is 1.75. The van der Waals surface area contributed by atoms with E-state index in [1.807, 2.05) is 40.9 Å². The topological polar surface area (TPSA) is 97.8 Å². The Kier molecular flexibility index (Phi) is 4.78.